The lowest BCUT2D eigenvalue weighted by atomic mass is 9.99. The minimum atomic E-state index is -3.36. The molecule has 18 heavy (non-hydrogen) atoms. The minimum Gasteiger partial charge on any atom is -0.326 e. The Morgan fingerprint density at radius 1 is 1.11 bits per heavy atom. The first kappa shape index (κ1) is 12.1. The number of hydrogen-bond donors (Lipinski definition) is 1. The molecule has 0 unspecified atom stereocenters. The van der Waals surface area contributed by atoms with E-state index >= 15 is 0 Å². The van der Waals surface area contributed by atoms with Crippen molar-refractivity contribution in [2.24, 2.45) is 17.6 Å². The Balaban J connectivity index is 1.83. The van der Waals surface area contributed by atoms with Gasteiger partial charge in [0.1, 0.15) is 0 Å². The summed E-state index contributed by atoms with van der Waals surface area (Å²) in [6.07, 6.45) is 2.41. The van der Waals surface area contributed by atoms with Crippen molar-refractivity contribution in [2.45, 2.75) is 23.8 Å². The Kier molecular flexibility index (Phi) is 2.92. The van der Waals surface area contributed by atoms with Crippen LogP contribution in [0.5, 0.6) is 0 Å². The Morgan fingerprint density at radius 2 is 1.78 bits per heavy atom. The Labute approximate surface area is 108 Å². The molecule has 4 nitrogen and oxygen atoms in total. The Hall–Kier alpha value is -0.910. The maximum Gasteiger partial charge on any atom is 0.243 e. The maximum atomic E-state index is 12.4. The van der Waals surface area contributed by atoms with Crippen LogP contribution in [0.3, 0.4) is 0 Å². The van der Waals surface area contributed by atoms with Crippen molar-refractivity contribution in [1.29, 1.82) is 0 Å². The van der Waals surface area contributed by atoms with Crippen LogP contribution in [0.2, 0.25) is 0 Å². The van der Waals surface area contributed by atoms with Crippen LogP contribution in [-0.4, -0.2) is 31.9 Å². The van der Waals surface area contributed by atoms with Crippen LogP contribution in [0.15, 0.2) is 35.2 Å². The monoisotopic (exact) mass is 266 g/mol. The smallest absolute Gasteiger partial charge is 0.243 e. The molecule has 1 heterocycles. The topological polar surface area (TPSA) is 63.4 Å². The van der Waals surface area contributed by atoms with Crippen molar-refractivity contribution >= 4 is 10.0 Å². The molecule has 1 aromatic carbocycles. The summed E-state index contributed by atoms with van der Waals surface area (Å²) in [4.78, 5) is 0.369. The molecule has 3 rings (SSSR count). The number of nitrogens with two attached hydrogens (primary N) is 1. The fraction of sp³-hybridized carbons (Fsp3) is 0.538. The molecule has 0 spiro atoms. The summed E-state index contributed by atoms with van der Waals surface area (Å²) in [5.74, 6) is 1.000. The van der Waals surface area contributed by atoms with Crippen molar-refractivity contribution in [3.05, 3.63) is 30.3 Å². The second-order valence-corrected chi connectivity index (χ2v) is 7.24. The molecule has 2 N–H and O–H groups in total. The summed E-state index contributed by atoms with van der Waals surface area (Å²) in [6.45, 7) is 1.04. The first-order valence-electron chi connectivity index (χ1n) is 6.40. The Bertz CT molecular complexity index is 525. The van der Waals surface area contributed by atoms with E-state index in [0.29, 0.717) is 29.8 Å². The van der Waals surface area contributed by atoms with Crippen molar-refractivity contribution in [1.82, 2.24) is 4.31 Å². The van der Waals surface area contributed by atoms with Crippen LogP contribution >= 0.6 is 0 Å². The van der Waals surface area contributed by atoms with Gasteiger partial charge in [-0.25, -0.2) is 8.42 Å². The zero-order chi connectivity index (χ0) is 12.8. The highest BCUT2D eigenvalue weighted by atomic mass is 32.2. The predicted molar refractivity (Wildman–Crippen MR) is 69.4 cm³/mol. The number of sulfonamides is 1. The predicted octanol–water partition coefficient (Wildman–Crippen LogP) is 1.04. The molecule has 0 bridgehead atoms. The molecule has 1 saturated carbocycles. The lowest BCUT2D eigenvalue weighted by Gasteiger charge is -2.16. The molecule has 98 valence electrons. The van der Waals surface area contributed by atoms with Gasteiger partial charge in [-0.15, -0.1) is 0 Å². The van der Waals surface area contributed by atoms with Gasteiger partial charge in [-0.2, -0.15) is 4.31 Å². The van der Waals surface area contributed by atoms with E-state index in [2.05, 4.69) is 0 Å². The molecule has 1 aromatic rings. The van der Waals surface area contributed by atoms with E-state index in [0.717, 1.165) is 0 Å². The van der Waals surface area contributed by atoms with Gasteiger partial charge in [-0.1, -0.05) is 18.2 Å². The molecule has 2 aliphatic rings. The van der Waals surface area contributed by atoms with Crippen molar-refractivity contribution < 1.29 is 8.42 Å². The standard InChI is InChI=1S/C13H18N2O2S/c14-13-9-15(8-12(13)10-6-7-10)18(16,17)11-4-2-1-3-5-11/h1-5,10,12-13H,6-9,14H2/t12-,13+/m0/s1. The normalized spacial score (nSPS) is 29.6. The lowest BCUT2D eigenvalue weighted by Crippen LogP contribution is -2.32. The molecule has 1 saturated heterocycles. The molecule has 0 radical (unpaired) electrons. The van der Waals surface area contributed by atoms with E-state index in [9.17, 15) is 8.42 Å². The van der Waals surface area contributed by atoms with Gasteiger partial charge < -0.3 is 5.73 Å². The molecule has 1 aliphatic heterocycles. The molecule has 1 aliphatic carbocycles. The number of rotatable bonds is 3. The molecule has 2 fully saturated rings. The highest BCUT2D eigenvalue weighted by Crippen LogP contribution is 2.41. The number of nitrogens with zero attached hydrogens (tertiary/aromatic N) is 1. The molecular weight excluding hydrogens is 248 g/mol. The largest absolute Gasteiger partial charge is 0.326 e. The highest BCUT2D eigenvalue weighted by molar-refractivity contribution is 7.89. The molecule has 0 amide bonds. The van der Waals surface area contributed by atoms with Gasteiger partial charge in [-0.3, -0.25) is 0 Å². The second kappa shape index (κ2) is 4.33. The summed E-state index contributed by atoms with van der Waals surface area (Å²) in [5.41, 5.74) is 6.08. The zero-order valence-corrected chi connectivity index (χ0v) is 11.0. The first-order valence-corrected chi connectivity index (χ1v) is 7.84. The van der Waals surface area contributed by atoms with Gasteiger partial charge in [0.05, 0.1) is 4.90 Å². The zero-order valence-electron chi connectivity index (χ0n) is 10.2. The van der Waals surface area contributed by atoms with Crippen LogP contribution in [0, 0.1) is 11.8 Å². The third-order valence-corrected chi connectivity index (χ3v) is 5.83. The molecule has 5 heteroatoms. The van der Waals surface area contributed by atoms with Crippen LogP contribution in [0.4, 0.5) is 0 Å². The maximum absolute atomic E-state index is 12.4. The summed E-state index contributed by atoms with van der Waals surface area (Å²) in [6, 6.07) is 8.61. The van der Waals surface area contributed by atoms with Gasteiger partial charge in [0.15, 0.2) is 0 Å². The quantitative estimate of drug-likeness (QED) is 0.889. The van der Waals surface area contributed by atoms with E-state index in [1.807, 2.05) is 6.07 Å². The van der Waals surface area contributed by atoms with Gasteiger partial charge in [0.2, 0.25) is 10.0 Å². The fourth-order valence-corrected chi connectivity index (χ4v) is 4.31. The summed E-state index contributed by atoms with van der Waals surface area (Å²) >= 11 is 0. The molecule has 2 atom stereocenters. The molecule has 0 aromatic heterocycles. The summed E-state index contributed by atoms with van der Waals surface area (Å²) in [7, 11) is -3.36. The van der Waals surface area contributed by atoms with E-state index in [-0.39, 0.29) is 6.04 Å². The van der Waals surface area contributed by atoms with E-state index in [1.165, 1.54) is 12.8 Å². The van der Waals surface area contributed by atoms with E-state index in [4.69, 9.17) is 5.73 Å². The van der Waals surface area contributed by atoms with Crippen LogP contribution in [-0.2, 0) is 10.0 Å². The fourth-order valence-electron chi connectivity index (χ4n) is 2.78. The summed E-state index contributed by atoms with van der Waals surface area (Å²) in [5, 5.41) is 0. The Morgan fingerprint density at radius 3 is 2.39 bits per heavy atom. The van der Waals surface area contributed by atoms with Gasteiger partial charge >= 0.3 is 0 Å². The van der Waals surface area contributed by atoms with Crippen molar-refractivity contribution in [2.75, 3.05) is 13.1 Å². The summed E-state index contributed by atoms with van der Waals surface area (Å²) < 4.78 is 26.4. The average Bonchev–Trinajstić information content (AvgIpc) is 3.13. The number of hydrogen-bond acceptors (Lipinski definition) is 3. The average molecular weight is 266 g/mol. The van der Waals surface area contributed by atoms with Gasteiger partial charge in [0.25, 0.3) is 0 Å². The molecular formula is C13H18N2O2S. The lowest BCUT2D eigenvalue weighted by molar-refractivity contribution is 0.428. The minimum absolute atomic E-state index is 0.00372. The van der Waals surface area contributed by atoms with Gasteiger partial charge in [0, 0.05) is 19.1 Å². The van der Waals surface area contributed by atoms with Crippen molar-refractivity contribution in [3.8, 4) is 0 Å². The van der Waals surface area contributed by atoms with E-state index in [1.54, 1.807) is 28.6 Å². The second-order valence-electron chi connectivity index (χ2n) is 5.30. The van der Waals surface area contributed by atoms with Crippen LogP contribution < -0.4 is 5.73 Å². The van der Waals surface area contributed by atoms with E-state index < -0.39 is 10.0 Å². The van der Waals surface area contributed by atoms with Gasteiger partial charge in [-0.05, 0) is 36.8 Å². The third-order valence-electron chi connectivity index (χ3n) is 3.99. The van der Waals surface area contributed by atoms with Crippen molar-refractivity contribution in [3.63, 3.8) is 0 Å². The van der Waals surface area contributed by atoms with Crippen LogP contribution in [0.1, 0.15) is 12.8 Å². The third kappa shape index (κ3) is 2.06. The van der Waals surface area contributed by atoms with Crippen LogP contribution in [0.25, 0.3) is 0 Å². The highest BCUT2D eigenvalue weighted by Gasteiger charge is 2.44. The first-order chi connectivity index (χ1) is 8.59. The number of benzene rings is 1. The SMILES string of the molecule is N[C@@H]1CN(S(=O)(=O)c2ccccc2)C[C@H]1C1CC1.